The number of hydrogen-bond donors (Lipinski definition) is 1. The Bertz CT molecular complexity index is 768. The fourth-order valence-corrected chi connectivity index (χ4v) is 2.32. The molecule has 0 aliphatic heterocycles. The molecule has 4 heteroatoms. The van der Waals surface area contributed by atoms with Gasteiger partial charge in [0.15, 0.2) is 0 Å². The molecule has 0 bridgehead atoms. The van der Waals surface area contributed by atoms with E-state index in [-0.39, 0.29) is 5.82 Å². The summed E-state index contributed by atoms with van der Waals surface area (Å²) in [6.07, 6.45) is 3.68. The van der Waals surface area contributed by atoms with Gasteiger partial charge in [-0.15, -0.1) is 0 Å². The van der Waals surface area contributed by atoms with Crippen LogP contribution in [0.4, 0.5) is 10.1 Å². The predicted molar refractivity (Wildman–Crippen MR) is 82.0 cm³/mol. The molecule has 0 aliphatic rings. The van der Waals surface area contributed by atoms with Crippen LogP contribution < -0.4 is 10.1 Å². The van der Waals surface area contributed by atoms with Gasteiger partial charge in [-0.2, -0.15) is 0 Å². The van der Waals surface area contributed by atoms with Crippen molar-refractivity contribution in [1.82, 2.24) is 4.98 Å². The molecule has 0 fully saturated rings. The molecular weight excluding hydrogens is 267 g/mol. The lowest BCUT2D eigenvalue weighted by Crippen LogP contribution is -2.02. The zero-order valence-electron chi connectivity index (χ0n) is 11.6. The number of rotatable bonds is 4. The van der Waals surface area contributed by atoms with Gasteiger partial charge in [-0.25, -0.2) is 4.39 Å². The lowest BCUT2D eigenvalue weighted by Gasteiger charge is -2.12. The van der Waals surface area contributed by atoms with Gasteiger partial charge >= 0.3 is 0 Å². The number of nitrogens with one attached hydrogen (secondary N) is 1. The second-order valence-corrected chi connectivity index (χ2v) is 4.72. The molecule has 0 radical (unpaired) electrons. The average Bonchev–Trinajstić information content (AvgIpc) is 2.53. The van der Waals surface area contributed by atoms with Gasteiger partial charge in [-0.05, 0) is 23.1 Å². The number of anilines is 1. The summed E-state index contributed by atoms with van der Waals surface area (Å²) >= 11 is 0. The van der Waals surface area contributed by atoms with Crippen molar-refractivity contribution >= 4 is 16.5 Å². The van der Waals surface area contributed by atoms with Crippen molar-refractivity contribution in [3.63, 3.8) is 0 Å². The standard InChI is InChI=1S/C17H15FN2O/c1-21-17-8-14(18)6-7-16(17)20-11-13-10-19-9-12-4-2-3-5-15(12)13/h2-10,20H,11H2,1H3. The maximum absolute atomic E-state index is 13.2. The summed E-state index contributed by atoms with van der Waals surface area (Å²) in [4.78, 5) is 4.25. The van der Waals surface area contributed by atoms with E-state index in [1.165, 1.54) is 19.2 Å². The van der Waals surface area contributed by atoms with E-state index in [1.807, 2.05) is 30.6 Å². The van der Waals surface area contributed by atoms with Crippen molar-refractivity contribution in [1.29, 1.82) is 0 Å². The van der Waals surface area contributed by atoms with E-state index in [1.54, 1.807) is 6.07 Å². The predicted octanol–water partition coefficient (Wildman–Crippen LogP) is 3.99. The number of halogens is 1. The van der Waals surface area contributed by atoms with Gasteiger partial charge in [0.05, 0.1) is 12.8 Å². The number of ether oxygens (including phenoxy) is 1. The lowest BCUT2D eigenvalue weighted by molar-refractivity contribution is 0.413. The van der Waals surface area contributed by atoms with Crippen LogP contribution in [0.25, 0.3) is 10.8 Å². The minimum atomic E-state index is -0.316. The van der Waals surface area contributed by atoms with Crippen LogP contribution in [0.5, 0.6) is 5.75 Å². The third-order valence-corrected chi connectivity index (χ3v) is 3.38. The average molecular weight is 282 g/mol. The van der Waals surface area contributed by atoms with Gasteiger partial charge in [0.2, 0.25) is 0 Å². The molecule has 3 nitrogen and oxygen atoms in total. The topological polar surface area (TPSA) is 34.1 Å². The third-order valence-electron chi connectivity index (χ3n) is 3.38. The van der Waals surface area contributed by atoms with Crippen molar-refractivity contribution in [2.75, 3.05) is 12.4 Å². The summed E-state index contributed by atoms with van der Waals surface area (Å²) < 4.78 is 18.4. The zero-order chi connectivity index (χ0) is 14.7. The normalized spacial score (nSPS) is 10.6. The molecule has 3 rings (SSSR count). The van der Waals surface area contributed by atoms with Crippen molar-refractivity contribution in [2.24, 2.45) is 0 Å². The van der Waals surface area contributed by atoms with Gasteiger partial charge in [0.1, 0.15) is 11.6 Å². The number of nitrogens with zero attached hydrogens (tertiary/aromatic N) is 1. The highest BCUT2D eigenvalue weighted by molar-refractivity contribution is 5.84. The summed E-state index contributed by atoms with van der Waals surface area (Å²) in [5, 5.41) is 5.52. The van der Waals surface area contributed by atoms with Crippen LogP contribution >= 0.6 is 0 Å². The minimum absolute atomic E-state index is 0.316. The van der Waals surface area contributed by atoms with E-state index in [4.69, 9.17) is 4.74 Å². The largest absolute Gasteiger partial charge is 0.494 e. The Morgan fingerprint density at radius 3 is 2.86 bits per heavy atom. The van der Waals surface area contributed by atoms with E-state index in [9.17, 15) is 4.39 Å². The maximum Gasteiger partial charge on any atom is 0.144 e. The fraction of sp³-hybridized carbons (Fsp3) is 0.118. The van der Waals surface area contributed by atoms with E-state index in [0.29, 0.717) is 12.3 Å². The van der Waals surface area contributed by atoms with Crippen LogP contribution in [-0.4, -0.2) is 12.1 Å². The number of aromatic nitrogens is 1. The Kier molecular flexibility index (Phi) is 3.69. The maximum atomic E-state index is 13.2. The molecule has 3 aromatic rings. The molecule has 106 valence electrons. The van der Waals surface area contributed by atoms with Gasteiger partial charge in [0, 0.05) is 30.4 Å². The van der Waals surface area contributed by atoms with Gasteiger partial charge < -0.3 is 10.1 Å². The van der Waals surface area contributed by atoms with Gasteiger partial charge in [0.25, 0.3) is 0 Å². The van der Waals surface area contributed by atoms with Crippen LogP contribution in [0, 0.1) is 5.82 Å². The number of pyridine rings is 1. The number of methoxy groups -OCH3 is 1. The highest BCUT2D eigenvalue weighted by Gasteiger charge is 2.06. The molecule has 21 heavy (non-hydrogen) atoms. The van der Waals surface area contributed by atoms with Crippen LogP contribution in [0.15, 0.2) is 54.9 Å². The molecule has 1 N–H and O–H groups in total. The Hall–Kier alpha value is -2.62. The molecule has 0 saturated carbocycles. The molecule has 0 aliphatic carbocycles. The Labute approximate surface area is 122 Å². The Morgan fingerprint density at radius 2 is 2.00 bits per heavy atom. The van der Waals surface area contributed by atoms with Crippen molar-refractivity contribution < 1.29 is 9.13 Å². The number of hydrogen-bond acceptors (Lipinski definition) is 3. The third kappa shape index (κ3) is 2.79. The van der Waals surface area contributed by atoms with Crippen molar-refractivity contribution in [2.45, 2.75) is 6.54 Å². The molecule has 0 amide bonds. The monoisotopic (exact) mass is 282 g/mol. The van der Waals surface area contributed by atoms with E-state index in [2.05, 4.69) is 16.4 Å². The van der Waals surface area contributed by atoms with Gasteiger partial charge in [-0.3, -0.25) is 4.98 Å². The number of benzene rings is 2. The fourth-order valence-electron chi connectivity index (χ4n) is 2.32. The van der Waals surface area contributed by atoms with Crippen molar-refractivity contribution in [3.05, 3.63) is 66.2 Å². The molecular formula is C17H15FN2O. The quantitative estimate of drug-likeness (QED) is 0.785. The summed E-state index contributed by atoms with van der Waals surface area (Å²) in [5.74, 6) is 0.174. The van der Waals surface area contributed by atoms with Crippen LogP contribution in [0.2, 0.25) is 0 Å². The second kappa shape index (κ2) is 5.79. The van der Waals surface area contributed by atoms with Crippen molar-refractivity contribution in [3.8, 4) is 5.75 Å². The Morgan fingerprint density at radius 1 is 1.14 bits per heavy atom. The summed E-state index contributed by atoms with van der Waals surface area (Å²) in [6, 6.07) is 12.5. The Balaban J connectivity index is 1.87. The van der Waals surface area contributed by atoms with Crippen LogP contribution in [0.1, 0.15) is 5.56 Å². The smallest absolute Gasteiger partial charge is 0.144 e. The molecule has 0 spiro atoms. The van der Waals surface area contributed by atoms with Crippen LogP contribution in [0.3, 0.4) is 0 Å². The first-order valence-corrected chi connectivity index (χ1v) is 6.67. The summed E-state index contributed by atoms with van der Waals surface area (Å²) in [7, 11) is 1.53. The van der Waals surface area contributed by atoms with E-state index < -0.39 is 0 Å². The second-order valence-electron chi connectivity index (χ2n) is 4.72. The highest BCUT2D eigenvalue weighted by Crippen LogP contribution is 2.26. The first-order chi connectivity index (χ1) is 10.3. The highest BCUT2D eigenvalue weighted by atomic mass is 19.1. The zero-order valence-corrected chi connectivity index (χ0v) is 11.6. The van der Waals surface area contributed by atoms with E-state index >= 15 is 0 Å². The molecule has 1 aromatic heterocycles. The van der Waals surface area contributed by atoms with E-state index in [0.717, 1.165) is 22.0 Å². The molecule has 0 unspecified atom stereocenters. The summed E-state index contributed by atoms with van der Waals surface area (Å²) in [5.41, 5.74) is 1.84. The van der Waals surface area contributed by atoms with Gasteiger partial charge in [-0.1, -0.05) is 24.3 Å². The summed E-state index contributed by atoms with van der Waals surface area (Å²) in [6.45, 7) is 0.594. The molecule has 0 atom stereocenters. The van der Waals surface area contributed by atoms with Crippen LogP contribution in [-0.2, 0) is 6.54 Å². The minimum Gasteiger partial charge on any atom is -0.494 e. The lowest BCUT2D eigenvalue weighted by atomic mass is 10.1. The molecule has 1 heterocycles. The molecule has 0 saturated heterocycles. The first kappa shape index (κ1) is 13.4. The number of fused-ring (bicyclic) bond motifs is 1. The SMILES string of the molecule is COc1cc(F)ccc1NCc1cncc2ccccc12. The first-order valence-electron chi connectivity index (χ1n) is 6.67. The molecule has 2 aromatic carbocycles.